The van der Waals surface area contributed by atoms with Crippen molar-refractivity contribution in [3.05, 3.63) is 48.0 Å². The molecule has 2 aliphatic rings. The largest absolute Gasteiger partial charge is 0.444 e. The Bertz CT molecular complexity index is 890. The first-order chi connectivity index (χ1) is 16.1. The van der Waals surface area contributed by atoms with Gasteiger partial charge in [-0.15, -0.1) is 0 Å². The third kappa shape index (κ3) is 7.06. The van der Waals surface area contributed by atoms with Crippen LogP contribution < -0.4 is 10.6 Å². The second-order valence-electron chi connectivity index (χ2n) is 10.2. The van der Waals surface area contributed by atoms with E-state index in [-0.39, 0.29) is 36.0 Å². The Kier molecular flexibility index (Phi) is 8.36. The van der Waals surface area contributed by atoms with Crippen LogP contribution >= 0.6 is 0 Å². The highest BCUT2D eigenvalue weighted by atomic mass is 16.6. The minimum Gasteiger partial charge on any atom is -0.444 e. The number of hydrogen-bond acceptors (Lipinski definition) is 5. The second kappa shape index (κ2) is 11.0. The van der Waals surface area contributed by atoms with E-state index >= 15 is 0 Å². The lowest BCUT2D eigenvalue weighted by molar-refractivity contribution is -0.116. The van der Waals surface area contributed by atoms with E-state index in [0.29, 0.717) is 31.8 Å². The molecular weight excluding hydrogens is 434 g/mol. The highest BCUT2D eigenvalue weighted by Crippen LogP contribution is 2.40. The molecule has 0 saturated carbocycles. The molecule has 34 heavy (non-hydrogen) atoms. The molecule has 1 aromatic rings. The number of amides is 3. The number of rotatable bonds is 6. The summed E-state index contributed by atoms with van der Waals surface area (Å²) in [4.78, 5) is 38.3. The first-order valence-electron chi connectivity index (χ1n) is 12.0. The average Bonchev–Trinajstić information content (AvgIpc) is 2.81. The molecule has 1 spiro atoms. The zero-order valence-electron chi connectivity index (χ0n) is 20.5. The highest BCUT2D eigenvalue weighted by Gasteiger charge is 2.40. The fourth-order valence-electron chi connectivity index (χ4n) is 4.41. The van der Waals surface area contributed by atoms with Gasteiger partial charge in [0.1, 0.15) is 5.60 Å². The van der Waals surface area contributed by atoms with Crippen LogP contribution in [0.2, 0.25) is 0 Å². The Balaban J connectivity index is 1.44. The maximum atomic E-state index is 12.8. The van der Waals surface area contributed by atoms with Crippen LogP contribution in [0.1, 0.15) is 62.4 Å². The number of carbonyl (C=O) groups is 3. The fraction of sp³-hybridized carbons (Fsp3) is 0.577. The molecule has 8 heteroatoms. The molecule has 0 bridgehead atoms. The van der Waals surface area contributed by atoms with Gasteiger partial charge in [0.15, 0.2) is 0 Å². The summed E-state index contributed by atoms with van der Waals surface area (Å²) in [6.45, 7) is 11.8. The van der Waals surface area contributed by atoms with Crippen LogP contribution in [0, 0.1) is 5.41 Å². The van der Waals surface area contributed by atoms with Crippen LogP contribution in [0.4, 0.5) is 4.79 Å². The van der Waals surface area contributed by atoms with Gasteiger partial charge in [-0.05, 0) is 69.6 Å². The lowest BCUT2D eigenvalue weighted by Crippen LogP contribution is -2.49. The van der Waals surface area contributed by atoms with Crippen molar-refractivity contribution in [1.29, 1.82) is 0 Å². The Hall–Kier alpha value is -2.87. The molecular formula is C26H37N3O5. The van der Waals surface area contributed by atoms with Crippen molar-refractivity contribution in [3.8, 4) is 0 Å². The molecule has 0 aromatic heterocycles. The molecule has 2 N–H and O–H groups in total. The molecule has 1 atom stereocenters. The number of benzene rings is 1. The first-order valence-corrected chi connectivity index (χ1v) is 12.0. The van der Waals surface area contributed by atoms with E-state index < -0.39 is 5.60 Å². The zero-order chi connectivity index (χ0) is 24.8. The summed E-state index contributed by atoms with van der Waals surface area (Å²) < 4.78 is 11.6. The van der Waals surface area contributed by atoms with E-state index in [4.69, 9.17) is 9.47 Å². The van der Waals surface area contributed by atoms with E-state index in [1.54, 1.807) is 17.0 Å². The molecule has 3 rings (SSSR count). The van der Waals surface area contributed by atoms with Gasteiger partial charge in [-0.2, -0.15) is 0 Å². The molecule has 3 amide bonds. The van der Waals surface area contributed by atoms with Crippen molar-refractivity contribution in [2.24, 2.45) is 5.41 Å². The minimum absolute atomic E-state index is 0.0360. The van der Waals surface area contributed by atoms with Gasteiger partial charge in [-0.25, -0.2) is 4.79 Å². The van der Waals surface area contributed by atoms with E-state index in [0.717, 1.165) is 31.2 Å². The molecule has 186 valence electrons. The molecule has 0 aliphatic carbocycles. The van der Waals surface area contributed by atoms with E-state index in [9.17, 15) is 14.4 Å². The summed E-state index contributed by atoms with van der Waals surface area (Å²) >= 11 is 0. The molecule has 1 unspecified atom stereocenters. The zero-order valence-corrected chi connectivity index (χ0v) is 20.5. The maximum Gasteiger partial charge on any atom is 0.410 e. The molecule has 2 heterocycles. The number of nitrogens with one attached hydrogen (secondary N) is 2. The third-order valence-electron chi connectivity index (χ3n) is 6.49. The van der Waals surface area contributed by atoms with Crippen LogP contribution in [-0.4, -0.2) is 60.8 Å². The van der Waals surface area contributed by atoms with Crippen LogP contribution in [0.15, 0.2) is 36.9 Å². The predicted octanol–water partition coefficient (Wildman–Crippen LogP) is 3.41. The van der Waals surface area contributed by atoms with Crippen molar-refractivity contribution in [3.63, 3.8) is 0 Å². The number of nitrogens with zero attached hydrogens (tertiary/aromatic N) is 1. The molecule has 0 radical (unpaired) electrons. The van der Waals surface area contributed by atoms with Crippen molar-refractivity contribution in [2.75, 3.05) is 26.2 Å². The van der Waals surface area contributed by atoms with Gasteiger partial charge in [-0.3, -0.25) is 9.59 Å². The Labute approximate surface area is 202 Å². The van der Waals surface area contributed by atoms with Crippen molar-refractivity contribution >= 4 is 17.9 Å². The number of hydrogen-bond donors (Lipinski definition) is 2. The van der Waals surface area contributed by atoms with Gasteiger partial charge in [0.2, 0.25) is 5.91 Å². The summed E-state index contributed by atoms with van der Waals surface area (Å²) in [6, 6.07) is 7.21. The Morgan fingerprint density at radius 1 is 1.18 bits per heavy atom. The van der Waals surface area contributed by atoms with Gasteiger partial charge >= 0.3 is 6.09 Å². The lowest BCUT2D eigenvalue weighted by atomic mass is 9.73. The summed E-state index contributed by atoms with van der Waals surface area (Å²) in [6.07, 6.45) is 4.60. The fourth-order valence-corrected chi connectivity index (χ4v) is 4.41. The van der Waals surface area contributed by atoms with Crippen LogP contribution in [0.25, 0.3) is 0 Å². The van der Waals surface area contributed by atoms with Crippen molar-refractivity contribution in [1.82, 2.24) is 15.5 Å². The molecule has 2 fully saturated rings. The lowest BCUT2D eigenvalue weighted by Gasteiger charge is -2.45. The van der Waals surface area contributed by atoms with Crippen molar-refractivity contribution < 1.29 is 23.9 Å². The second-order valence-corrected chi connectivity index (χ2v) is 10.2. The third-order valence-corrected chi connectivity index (χ3v) is 6.49. The highest BCUT2D eigenvalue weighted by molar-refractivity contribution is 5.96. The quantitative estimate of drug-likeness (QED) is 0.620. The monoisotopic (exact) mass is 471 g/mol. The van der Waals surface area contributed by atoms with Gasteiger partial charge in [0, 0.05) is 31.7 Å². The summed E-state index contributed by atoms with van der Waals surface area (Å²) in [7, 11) is 0. The molecule has 2 saturated heterocycles. The summed E-state index contributed by atoms with van der Waals surface area (Å²) in [5, 5.41) is 5.69. The maximum absolute atomic E-state index is 12.8. The van der Waals surface area contributed by atoms with E-state index in [1.165, 1.54) is 6.08 Å². The van der Waals surface area contributed by atoms with E-state index in [1.807, 2.05) is 32.9 Å². The van der Waals surface area contributed by atoms with Crippen molar-refractivity contribution in [2.45, 2.75) is 64.7 Å². The topological polar surface area (TPSA) is 97.0 Å². The SMILES string of the molecule is C=CC(=O)NCc1ccccc1C(=O)NCC1CCC2(CCN(C(=O)OC(C)(C)C)CC2)CO1. The standard InChI is InChI=1S/C26H37N3O5/c1-5-22(30)27-16-19-8-6-7-9-21(19)23(31)28-17-20-10-11-26(18-33-20)12-14-29(15-13-26)24(32)34-25(2,3)4/h5-9,20H,1,10-18H2,2-4H3,(H,27,30)(H,28,31). The predicted molar refractivity (Wildman–Crippen MR) is 129 cm³/mol. The Morgan fingerprint density at radius 2 is 1.88 bits per heavy atom. The van der Waals surface area contributed by atoms with Crippen LogP contribution in [-0.2, 0) is 20.8 Å². The molecule has 2 aliphatic heterocycles. The summed E-state index contributed by atoms with van der Waals surface area (Å²) in [5.74, 6) is -0.463. The van der Waals surface area contributed by atoms with Gasteiger partial charge < -0.3 is 25.0 Å². The van der Waals surface area contributed by atoms with Gasteiger partial charge in [-0.1, -0.05) is 24.8 Å². The van der Waals surface area contributed by atoms with E-state index in [2.05, 4.69) is 17.2 Å². The Morgan fingerprint density at radius 3 is 2.50 bits per heavy atom. The normalized spacial score (nSPS) is 19.9. The minimum atomic E-state index is -0.488. The molecule has 8 nitrogen and oxygen atoms in total. The number of likely N-dealkylation sites (tertiary alicyclic amines) is 1. The average molecular weight is 472 g/mol. The first kappa shape index (κ1) is 25.7. The smallest absolute Gasteiger partial charge is 0.410 e. The van der Waals surface area contributed by atoms with Gasteiger partial charge in [0.25, 0.3) is 5.91 Å². The number of ether oxygens (including phenoxy) is 2. The number of carbonyl (C=O) groups excluding carboxylic acids is 3. The molecule has 1 aromatic carbocycles. The summed E-state index contributed by atoms with van der Waals surface area (Å²) in [5.41, 5.74) is 0.886. The van der Waals surface area contributed by atoms with Gasteiger partial charge in [0.05, 0.1) is 12.7 Å². The van der Waals surface area contributed by atoms with Crippen LogP contribution in [0.5, 0.6) is 0 Å². The van der Waals surface area contributed by atoms with Crippen LogP contribution in [0.3, 0.4) is 0 Å². The number of piperidine rings is 1.